The van der Waals surface area contributed by atoms with Gasteiger partial charge in [0.15, 0.2) is 0 Å². The molecule has 1 heteroatoms. The van der Waals surface area contributed by atoms with Gasteiger partial charge in [0.1, 0.15) is 0 Å². The second-order valence-electron chi connectivity index (χ2n) is 8.52. The Morgan fingerprint density at radius 3 is 1.47 bits per heavy atom. The Balaban J connectivity index is 0. The first-order chi connectivity index (χ1) is 13.7. The summed E-state index contributed by atoms with van der Waals surface area (Å²) in [4.78, 5) is 0. The number of unbranched alkanes of at least 4 members (excludes halogenated alkanes) is 2. The maximum absolute atomic E-state index is 3.60. The van der Waals surface area contributed by atoms with Crippen LogP contribution in [0.25, 0.3) is 11.1 Å². The molecule has 0 spiro atoms. The first-order valence-electron chi connectivity index (χ1n) is 11.5. The van der Waals surface area contributed by atoms with Crippen LogP contribution in [0.4, 0.5) is 0 Å². The minimum absolute atomic E-state index is 0. The van der Waals surface area contributed by atoms with Crippen molar-refractivity contribution in [1.29, 1.82) is 0 Å². The second kappa shape index (κ2) is 17.8. The van der Waals surface area contributed by atoms with Crippen molar-refractivity contribution in [3.05, 3.63) is 73.0 Å². The molecule has 2 aromatic carbocycles. The number of hydrogen-bond donors (Lipinski definition) is 0. The molecule has 0 nitrogen and oxygen atoms in total. The van der Waals surface area contributed by atoms with E-state index in [-0.39, 0.29) is 21.1 Å². The van der Waals surface area contributed by atoms with Crippen LogP contribution in [0.1, 0.15) is 116 Å². The molecule has 0 saturated heterocycles. The van der Waals surface area contributed by atoms with Gasteiger partial charge in [-0.25, -0.2) is 0 Å². The zero-order chi connectivity index (χ0) is 22.4. The number of benzene rings is 2. The normalized spacial score (nSPS) is 10.2. The summed E-state index contributed by atoms with van der Waals surface area (Å²) in [5.41, 5.74) is 6.96. The first kappa shape index (κ1) is 31.3. The topological polar surface area (TPSA) is 0 Å². The molecular formula is C29H45Pt-3. The Kier molecular flexibility index (Phi) is 18.6. The fourth-order valence-corrected chi connectivity index (χ4v) is 2.82. The van der Waals surface area contributed by atoms with E-state index in [0.717, 1.165) is 12.8 Å². The molecule has 0 bridgehead atoms. The molecular weight excluding hydrogens is 543 g/mol. The van der Waals surface area contributed by atoms with Crippen LogP contribution in [0.2, 0.25) is 0 Å². The maximum atomic E-state index is 3.60. The first-order valence-corrected chi connectivity index (χ1v) is 11.5. The van der Waals surface area contributed by atoms with Gasteiger partial charge >= 0.3 is 0 Å². The SMILES string of the molecule is CC(C)c1cc(C(C)C)c(-c2[c-]cccc2)c(C(C)C)c1.[CH2-]CCC.[CH2-]CCC.[Pt]. The summed E-state index contributed by atoms with van der Waals surface area (Å²) in [5.74, 6) is 1.60. The predicted molar refractivity (Wildman–Crippen MR) is 134 cm³/mol. The summed E-state index contributed by atoms with van der Waals surface area (Å²) >= 11 is 0. The van der Waals surface area contributed by atoms with Crippen LogP contribution < -0.4 is 0 Å². The second-order valence-corrected chi connectivity index (χ2v) is 8.52. The van der Waals surface area contributed by atoms with Gasteiger partial charge < -0.3 is 13.8 Å². The van der Waals surface area contributed by atoms with Crippen LogP contribution in [-0.4, -0.2) is 0 Å². The third kappa shape index (κ3) is 10.9. The van der Waals surface area contributed by atoms with Gasteiger partial charge in [-0.2, -0.15) is 12.8 Å². The van der Waals surface area contributed by atoms with Gasteiger partial charge in [0.25, 0.3) is 0 Å². The Morgan fingerprint density at radius 2 is 1.20 bits per heavy atom. The van der Waals surface area contributed by atoms with Gasteiger partial charge in [-0.3, -0.25) is 0 Å². The zero-order valence-corrected chi connectivity index (χ0v) is 23.0. The predicted octanol–water partition coefficient (Wildman–Crippen LogP) is 9.76. The van der Waals surface area contributed by atoms with E-state index in [2.05, 4.69) is 99.6 Å². The maximum Gasteiger partial charge on any atom is 0 e. The van der Waals surface area contributed by atoms with Gasteiger partial charge in [-0.1, -0.05) is 97.1 Å². The molecule has 2 aromatic rings. The third-order valence-corrected chi connectivity index (χ3v) is 4.82. The summed E-state index contributed by atoms with van der Waals surface area (Å²) in [6, 6.07) is 16.6. The van der Waals surface area contributed by atoms with Crippen LogP contribution in [-0.2, 0) is 21.1 Å². The van der Waals surface area contributed by atoms with Crippen molar-refractivity contribution in [3.8, 4) is 11.1 Å². The summed E-state index contributed by atoms with van der Waals surface area (Å²) in [5, 5.41) is 0. The molecule has 0 saturated carbocycles. The van der Waals surface area contributed by atoms with Crippen LogP contribution in [0.15, 0.2) is 36.4 Å². The van der Waals surface area contributed by atoms with E-state index in [1.807, 2.05) is 12.1 Å². The van der Waals surface area contributed by atoms with E-state index >= 15 is 0 Å². The van der Waals surface area contributed by atoms with Crippen molar-refractivity contribution in [3.63, 3.8) is 0 Å². The van der Waals surface area contributed by atoms with Crippen LogP contribution in [0.5, 0.6) is 0 Å². The molecule has 0 aliphatic heterocycles. The van der Waals surface area contributed by atoms with E-state index in [9.17, 15) is 0 Å². The van der Waals surface area contributed by atoms with Gasteiger partial charge in [-0.15, -0.1) is 35.9 Å². The molecule has 0 aliphatic rings. The van der Waals surface area contributed by atoms with Crippen molar-refractivity contribution in [2.75, 3.05) is 0 Å². The van der Waals surface area contributed by atoms with Crippen molar-refractivity contribution >= 4 is 0 Å². The van der Waals surface area contributed by atoms with Gasteiger partial charge in [0.05, 0.1) is 0 Å². The Bertz CT molecular complexity index is 616. The number of rotatable bonds is 6. The molecule has 0 heterocycles. The van der Waals surface area contributed by atoms with Crippen molar-refractivity contribution in [1.82, 2.24) is 0 Å². The van der Waals surface area contributed by atoms with E-state index < -0.39 is 0 Å². The fraction of sp³-hybridized carbons (Fsp3) is 0.517. The largest absolute Gasteiger partial charge is 0.343 e. The van der Waals surface area contributed by atoms with Crippen molar-refractivity contribution < 1.29 is 21.1 Å². The van der Waals surface area contributed by atoms with Crippen LogP contribution >= 0.6 is 0 Å². The minimum Gasteiger partial charge on any atom is -0.343 e. The zero-order valence-electron chi connectivity index (χ0n) is 20.8. The molecule has 30 heavy (non-hydrogen) atoms. The van der Waals surface area contributed by atoms with E-state index in [1.165, 1.54) is 40.7 Å². The van der Waals surface area contributed by atoms with E-state index in [1.54, 1.807) is 0 Å². The minimum atomic E-state index is 0. The molecule has 2 rings (SSSR count). The summed E-state index contributed by atoms with van der Waals surface area (Å²) in [7, 11) is 0. The molecule has 0 aliphatic carbocycles. The van der Waals surface area contributed by atoms with Crippen LogP contribution in [0, 0.1) is 19.9 Å². The fourth-order valence-electron chi connectivity index (χ4n) is 2.82. The Hall–Kier alpha value is -0.872. The molecule has 174 valence electrons. The average Bonchev–Trinajstić information content (AvgIpc) is 2.73. The van der Waals surface area contributed by atoms with Crippen molar-refractivity contribution in [2.45, 2.75) is 98.8 Å². The summed E-state index contributed by atoms with van der Waals surface area (Å²) < 4.78 is 0. The average molecular weight is 589 g/mol. The molecule has 0 N–H and O–H groups in total. The Labute approximate surface area is 203 Å². The van der Waals surface area contributed by atoms with Crippen molar-refractivity contribution in [2.24, 2.45) is 0 Å². The monoisotopic (exact) mass is 588 g/mol. The molecule has 0 radical (unpaired) electrons. The van der Waals surface area contributed by atoms with E-state index in [0.29, 0.717) is 17.8 Å². The Morgan fingerprint density at radius 1 is 0.767 bits per heavy atom. The summed E-state index contributed by atoms with van der Waals surface area (Å²) in [6.07, 6.45) is 4.56. The third-order valence-electron chi connectivity index (χ3n) is 4.82. The summed E-state index contributed by atoms with van der Waals surface area (Å²) in [6.45, 7) is 25.1. The van der Waals surface area contributed by atoms with Gasteiger partial charge in [0.2, 0.25) is 0 Å². The molecule has 0 unspecified atom stereocenters. The molecule has 0 fully saturated rings. The van der Waals surface area contributed by atoms with Crippen LogP contribution in [0.3, 0.4) is 0 Å². The molecule has 0 amide bonds. The van der Waals surface area contributed by atoms with Gasteiger partial charge in [-0.05, 0) is 23.3 Å². The van der Waals surface area contributed by atoms with E-state index in [4.69, 9.17) is 0 Å². The number of hydrogen-bond acceptors (Lipinski definition) is 0. The van der Waals surface area contributed by atoms with Gasteiger partial charge in [0, 0.05) is 21.1 Å². The molecule has 0 aromatic heterocycles. The molecule has 0 atom stereocenters. The standard InChI is InChI=1S/C21H27.2C4H9.Pt/c1-14(2)18-12-19(15(3)4)21(20(13-18)16(5)6)17-10-8-7-9-11-17;2*1-3-4-2;/h7-10,12-16H,1-6H3;2*1,3-4H2,2H3;/q3*-1;. The smallest absolute Gasteiger partial charge is 0 e. The quantitative estimate of drug-likeness (QED) is 0.295.